The molecule has 21 heavy (non-hydrogen) atoms. The van der Waals surface area contributed by atoms with E-state index in [0.717, 1.165) is 31.9 Å². The van der Waals surface area contributed by atoms with E-state index in [9.17, 15) is 9.90 Å². The minimum Gasteiger partial charge on any atom is -0.506 e. The number of phenols is 1. The summed E-state index contributed by atoms with van der Waals surface area (Å²) in [6.45, 7) is 6.53. The van der Waals surface area contributed by atoms with Crippen molar-refractivity contribution in [3.05, 3.63) is 23.8 Å². The van der Waals surface area contributed by atoms with Gasteiger partial charge in [-0.3, -0.25) is 4.79 Å². The molecule has 0 saturated carbocycles. The van der Waals surface area contributed by atoms with E-state index in [4.69, 9.17) is 4.74 Å². The van der Waals surface area contributed by atoms with Gasteiger partial charge in [-0.2, -0.15) is 0 Å². The molecule has 0 radical (unpaired) electrons. The molecule has 2 saturated heterocycles. The summed E-state index contributed by atoms with van der Waals surface area (Å²) in [6.07, 6.45) is 0. The molecule has 0 unspecified atom stereocenters. The number of hydrogen-bond acceptors (Lipinski definition) is 5. The minimum absolute atomic E-state index is 0.152. The fraction of sp³-hybridized carbons (Fsp3) is 0.533. The van der Waals surface area contributed by atoms with E-state index in [1.54, 1.807) is 6.07 Å². The normalized spacial score (nSPS) is 20.7. The van der Waals surface area contributed by atoms with Crippen molar-refractivity contribution in [3.63, 3.8) is 0 Å². The molecule has 2 fully saturated rings. The van der Waals surface area contributed by atoms with E-state index >= 15 is 0 Å². The van der Waals surface area contributed by atoms with Crippen LogP contribution in [0.15, 0.2) is 18.2 Å². The number of anilines is 1. The highest BCUT2D eigenvalue weighted by Gasteiger charge is 2.35. The number of benzene rings is 1. The van der Waals surface area contributed by atoms with Gasteiger partial charge in [0.2, 0.25) is 0 Å². The van der Waals surface area contributed by atoms with E-state index in [0.29, 0.717) is 18.8 Å². The summed E-state index contributed by atoms with van der Waals surface area (Å²) >= 11 is 0. The van der Waals surface area contributed by atoms with Gasteiger partial charge in [-0.25, -0.2) is 0 Å². The van der Waals surface area contributed by atoms with Gasteiger partial charge in [0.05, 0.1) is 24.4 Å². The molecule has 1 aromatic carbocycles. The van der Waals surface area contributed by atoms with Crippen molar-refractivity contribution in [2.45, 2.75) is 12.5 Å². The second-order valence-corrected chi connectivity index (χ2v) is 5.95. The second-order valence-electron chi connectivity index (χ2n) is 5.95. The Kier molecular flexibility index (Phi) is 3.73. The van der Waals surface area contributed by atoms with Crippen molar-refractivity contribution in [3.8, 4) is 5.75 Å². The first-order valence-electron chi connectivity index (χ1n) is 7.26. The second kappa shape index (κ2) is 5.54. The highest BCUT2D eigenvalue weighted by Crippen LogP contribution is 2.29. The van der Waals surface area contributed by atoms with Crippen molar-refractivity contribution in [2.75, 3.05) is 44.3 Å². The Bertz CT molecular complexity index is 537. The molecule has 2 aliphatic heterocycles. The van der Waals surface area contributed by atoms with Crippen LogP contribution in [0.3, 0.4) is 0 Å². The molecule has 0 spiro atoms. The number of amides is 1. The van der Waals surface area contributed by atoms with Crippen molar-refractivity contribution in [2.24, 2.45) is 0 Å². The zero-order valence-corrected chi connectivity index (χ0v) is 12.2. The van der Waals surface area contributed by atoms with E-state index in [1.807, 2.05) is 13.0 Å². The van der Waals surface area contributed by atoms with Crippen molar-refractivity contribution < 1.29 is 14.6 Å². The molecule has 0 aliphatic carbocycles. The Balaban J connectivity index is 1.72. The molecule has 114 valence electrons. The highest BCUT2D eigenvalue weighted by molar-refractivity contribution is 5.95. The lowest BCUT2D eigenvalue weighted by Gasteiger charge is -2.38. The Morgan fingerprint density at radius 2 is 2.10 bits per heavy atom. The van der Waals surface area contributed by atoms with E-state index in [1.165, 1.54) is 6.07 Å². The monoisotopic (exact) mass is 291 g/mol. The largest absolute Gasteiger partial charge is 0.506 e. The maximum atomic E-state index is 12.2. The quantitative estimate of drug-likeness (QED) is 0.748. The maximum Gasteiger partial charge on any atom is 0.251 e. The van der Waals surface area contributed by atoms with Crippen LogP contribution in [0.25, 0.3) is 0 Å². The molecule has 0 atom stereocenters. The standard InChI is InChI=1S/C15H21N3O3/c1-15(9-21-10-15)17-14(20)11-2-3-12(13(19)8-11)18-6-4-16-5-7-18/h2-3,8,16,19H,4-7,9-10H2,1H3,(H,17,20). The van der Waals surface area contributed by atoms with Gasteiger partial charge in [-0.1, -0.05) is 0 Å². The number of carbonyl (C=O) groups excluding carboxylic acids is 1. The van der Waals surface area contributed by atoms with Crippen LogP contribution >= 0.6 is 0 Å². The number of nitrogens with one attached hydrogen (secondary N) is 2. The Morgan fingerprint density at radius 1 is 1.38 bits per heavy atom. The van der Waals surface area contributed by atoms with E-state index in [-0.39, 0.29) is 17.2 Å². The molecule has 3 rings (SSSR count). The molecule has 0 bridgehead atoms. The summed E-state index contributed by atoms with van der Waals surface area (Å²) in [7, 11) is 0. The van der Waals surface area contributed by atoms with Crippen LogP contribution in [0.1, 0.15) is 17.3 Å². The predicted molar refractivity (Wildman–Crippen MR) is 79.9 cm³/mol. The first kappa shape index (κ1) is 14.2. The number of nitrogens with zero attached hydrogens (tertiary/aromatic N) is 1. The van der Waals surface area contributed by atoms with Gasteiger partial charge in [0.25, 0.3) is 5.91 Å². The molecule has 2 aliphatic rings. The first-order chi connectivity index (χ1) is 10.1. The van der Waals surface area contributed by atoms with Gasteiger partial charge in [0, 0.05) is 31.7 Å². The smallest absolute Gasteiger partial charge is 0.251 e. The van der Waals surface area contributed by atoms with Crippen LogP contribution < -0.4 is 15.5 Å². The minimum atomic E-state index is -0.288. The zero-order chi connectivity index (χ0) is 14.9. The molecule has 1 amide bonds. The zero-order valence-electron chi connectivity index (χ0n) is 12.2. The molecule has 6 nitrogen and oxygen atoms in total. The Labute approximate surface area is 124 Å². The molecule has 6 heteroatoms. The van der Waals surface area contributed by atoms with E-state index in [2.05, 4.69) is 15.5 Å². The average molecular weight is 291 g/mol. The fourth-order valence-electron chi connectivity index (χ4n) is 2.66. The van der Waals surface area contributed by atoms with Gasteiger partial charge in [0.15, 0.2) is 0 Å². The van der Waals surface area contributed by atoms with Crippen LogP contribution in [0.2, 0.25) is 0 Å². The molecular weight excluding hydrogens is 270 g/mol. The SMILES string of the molecule is CC1(NC(=O)c2ccc(N3CCNCC3)c(O)c2)COC1. The number of piperazine rings is 1. The number of rotatable bonds is 3. The third kappa shape index (κ3) is 2.96. The number of carbonyl (C=O) groups is 1. The van der Waals surface area contributed by atoms with Crippen molar-refractivity contribution in [1.82, 2.24) is 10.6 Å². The lowest BCUT2D eigenvalue weighted by molar-refractivity contribution is -0.0593. The molecule has 0 aromatic heterocycles. The first-order valence-corrected chi connectivity index (χ1v) is 7.26. The van der Waals surface area contributed by atoms with Gasteiger partial charge >= 0.3 is 0 Å². The lowest BCUT2D eigenvalue weighted by Crippen LogP contribution is -2.59. The summed E-state index contributed by atoms with van der Waals surface area (Å²) in [5.41, 5.74) is 0.968. The molecule has 1 aromatic rings. The Morgan fingerprint density at radius 3 is 2.67 bits per heavy atom. The summed E-state index contributed by atoms with van der Waals surface area (Å²) < 4.78 is 5.12. The summed E-state index contributed by atoms with van der Waals surface area (Å²) in [6, 6.07) is 5.11. The summed E-state index contributed by atoms with van der Waals surface area (Å²) in [5.74, 6) is -0.0254. The highest BCUT2D eigenvalue weighted by atomic mass is 16.5. The third-order valence-corrected chi connectivity index (χ3v) is 3.95. The van der Waals surface area contributed by atoms with Crippen LogP contribution in [-0.4, -0.2) is 55.9 Å². The van der Waals surface area contributed by atoms with Crippen LogP contribution in [-0.2, 0) is 4.74 Å². The molecule has 3 N–H and O–H groups in total. The number of ether oxygens (including phenoxy) is 1. The molecule has 2 heterocycles. The van der Waals surface area contributed by atoms with E-state index < -0.39 is 0 Å². The average Bonchev–Trinajstić information content (AvgIpc) is 2.46. The van der Waals surface area contributed by atoms with Crippen LogP contribution in [0.4, 0.5) is 5.69 Å². The fourth-order valence-corrected chi connectivity index (χ4v) is 2.66. The van der Waals surface area contributed by atoms with Gasteiger partial charge in [-0.05, 0) is 25.1 Å². The molecular formula is C15H21N3O3. The summed E-state index contributed by atoms with van der Waals surface area (Å²) in [5, 5.41) is 16.4. The van der Waals surface area contributed by atoms with Crippen molar-refractivity contribution >= 4 is 11.6 Å². The van der Waals surface area contributed by atoms with Gasteiger partial charge < -0.3 is 25.4 Å². The number of phenolic OH excluding ortho intramolecular Hbond substituents is 1. The van der Waals surface area contributed by atoms with Crippen LogP contribution in [0, 0.1) is 0 Å². The van der Waals surface area contributed by atoms with Gasteiger partial charge in [-0.15, -0.1) is 0 Å². The lowest BCUT2D eigenvalue weighted by atomic mass is 10.00. The topological polar surface area (TPSA) is 73.8 Å². The van der Waals surface area contributed by atoms with Gasteiger partial charge in [0.1, 0.15) is 5.75 Å². The number of aromatic hydroxyl groups is 1. The van der Waals surface area contributed by atoms with Crippen LogP contribution in [0.5, 0.6) is 5.75 Å². The third-order valence-electron chi connectivity index (χ3n) is 3.95. The Hall–Kier alpha value is -1.79. The number of hydrogen-bond donors (Lipinski definition) is 3. The predicted octanol–water partition coefficient (Wildman–Crippen LogP) is 0.321. The van der Waals surface area contributed by atoms with Crippen molar-refractivity contribution in [1.29, 1.82) is 0 Å². The maximum absolute atomic E-state index is 12.2. The summed E-state index contributed by atoms with van der Waals surface area (Å²) in [4.78, 5) is 14.3.